The fourth-order valence-corrected chi connectivity index (χ4v) is 1.99. The number of nitrogens with zero attached hydrogens (tertiary/aromatic N) is 2. The fourth-order valence-electron chi connectivity index (χ4n) is 1.99. The molecule has 0 N–H and O–H groups in total. The standard InChI is InChI=1S/C16H15FN2O2/c1-12-5-6-14(15(17)10-12)16(20)19(8-3-7-18)11-13-4-2-9-21-13/h2,4-6,9-10H,3,8,11H2,1H3. The Hall–Kier alpha value is -2.61. The van der Waals surface area contributed by atoms with Crippen LogP contribution in [0.3, 0.4) is 0 Å². The van der Waals surface area contributed by atoms with Gasteiger partial charge >= 0.3 is 0 Å². The first-order valence-electron chi connectivity index (χ1n) is 6.56. The van der Waals surface area contributed by atoms with E-state index in [0.29, 0.717) is 5.76 Å². The molecule has 0 aliphatic heterocycles. The van der Waals surface area contributed by atoms with Crippen molar-refractivity contribution in [2.45, 2.75) is 19.9 Å². The van der Waals surface area contributed by atoms with Gasteiger partial charge in [-0.15, -0.1) is 0 Å². The van der Waals surface area contributed by atoms with Gasteiger partial charge in [0.25, 0.3) is 5.91 Å². The zero-order valence-corrected chi connectivity index (χ0v) is 11.7. The van der Waals surface area contributed by atoms with Gasteiger partial charge in [-0.25, -0.2) is 4.39 Å². The average Bonchev–Trinajstić information content (AvgIpc) is 2.95. The van der Waals surface area contributed by atoms with Crippen LogP contribution in [0.5, 0.6) is 0 Å². The third-order valence-corrected chi connectivity index (χ3v) is 3.06. The van der Waals surface area contributed by atoms with Crippen LogP contribution in [0, 0.1) is 24.1 Å². The summed E-state index contributed by atoms with van der Waals surface area (Å²) in [6.07, 6.45) is 1.69. The molecule has 0 saturated carbocycles. The van der Waals surface area contributed by atoms with E-state index in [0.717, 1.165) is 5.56 Å². The first-order valence-corrected chi connectivity index (χ1v) is 6.56. The summed E-state index contributed by atoms with van der Waals surface area (Å²) in [5.41, 5.74) is 0.753. The van der Waals surface area contributed by atoms with Crippen LogP contribution in [0.15, 0.2) is 41.0 Å². The van der Waals surface area contributed by atoms with Gasteiger partial charge in [-0.2, -0.15) is 5.26 Å². The highest BCUT2D eigenvalue weighted by atomic mass is 19.1. The molecule has 2 aromatic rings. The second kappa shape index (κ2) is 6.71. The number of carbonyl (C=O) groups is 1. The van der Waals surface area contributed by atoms with Gasteiger partial charge in [-0.05, 0) is 36.8 Å². The van der Waals surface area contributed by atoms with Crippen LogP contribution in [0.2, 0.25) is 0 Å². The smallest absolute Gasteiger partial charge is 0.257 e. The van der Waals surface area contributed by atoms with Crippen LogP contribution in [-0.4, -0.2) is 17.4 Å². The van der Waals surface area contributed by atoms with Crippen LogP contribution in [0.25, 0.3) is 0 Å². The van der Waals surface area contributed by atoms with Crippen LogP contribution in [0.4, 0.5) is 4.39 Å². The number of benzene rings is 1. The number of aryl methyl sites for hydroxylation is 1. The number of amides is 1. The lowest BCUT2D eigenvalue weighted by Gasteiger charge is -2.21. The molecular formula is C16H15FN2O2. The van der Waals surface area contributed by atoms with Crippen molar-refractivity contribution in [1.82, 2.24) is 4.90 Å². The van der Waals surface area contributed by atoms with Gasteiger partial charge in [-0.1, -0.05) is 6.07 Å². The molecule has 0 saturated heterocycles. The second-order valence-corrected chi connectivity index (χ2v) is 4.70. The highest BCUT2D eigenvalue weighted by Crippen LogP contribution is 2.15. The van der Waals surface area contributed by atoms with E-state index < -0.39 is 11.7 Å². The van der Waals surface area contributed by atoms with E-state index in [-0.39, 0.29) is 25.1 Å². The average molecular weight is 286 g/mol. The van der Waals surface area contributed by atoms with E-state index >= 15 is 0 Å². The molecule has 0 aliphatic carbocycles. The number of nitriles is 1. The van der Waals surface area contributed by atoms with E-state index in [4.69, 9.17) is 9.68 Å². The lowest BCUT2D eigenvalue weighted by atomic mass is 10.1. The molecule has 1 amide bonds. The lowest BCUT2D eigenvalue weighted by molar-refractivity contribution is 0.0730. The van der Waals surface area contributed by atoms with E-state index in [2.05, 4.69) is 0 Å². The van der Waals surface area contributed by atoms with Gasteiger partial charge in [-0.3, -0.25) is 4.79 Å². The maximum atomic E-state index is 13.9. The van der Waals surface area contributed by atoms with Gasteiger partial charge in [0, 0.05) is 6.54 Å². The van der Waals surface area contributed by atoms with Crippen molar-refractivity contribution in [3.63, 3.8) is 0 Å². The number of furan rings is 1. The molecule has 108 valence electrons. The summed E-state index contributed by atoms with van der Waals surface area (Å²) in [4.78, 5) is 13.9. The molecule has 21 heavy (non-hydrogen) atoms. The van der Waals surface area contributed by atoms with Crippen molar-refractivity contribution in [2.75, 3.05) is 6.54 Å². The van der Waals surface area contributed by atoms with Gasteiger partial charge in [0.1, 0.15) is 11.6 Å². The van der Waals surface area contributed by atoms with Crippen molar-refractivity contribution in [2.24, 2.45) is 0 Å². The van der Waals surface area contributed by atoms with Crippen molar-refractivity contribution < 1.29 is 13.6 Å². The molecule has 1 aromatic heterocycles. The number of carbonyl (C=O) groups excluding carboxylic acids is 1. The van der Waals surface area contributed by atoms with Crippen molar-refractivity contribution in [3.8, 4) is 6.07 Å². The van der Waals surface area contributed by atoms with Crippen LogP contribution >= 0.6 is 0 Å². The SMILES string of the molecule is Cc1ccc(C(=O)N(CCC#N)Cc2ccco2)c(F)c1. The largest absolute Gasteiger partial charge is 0.467 e. The van der Waals surface area contributed by atoms with Gasteiger partial charge in [0.05, 0.1) is 30.9 Å². The zero-order valence-electron chi connectivity index (χ0n) is 11.7. The highest BCUT2D eigenvalue weighted by Gasteiger charge is 2.20. The summed E-state index contributed by atoms with van der Waals surface area (Å²) in [6, 6.07) is 9.92. The van der Waals surface area contributed by atoms with E-state index in [1.54, 1.807) is 25.1 Å². The summed E-state index contributed by atoms with van der Waals surface area (Å²) in [7, 11) is 0. The van der Waals surface area contributed by atoms with E-state index in [9.17, 15) is 9.18 Å². The maximum absolute atomic E-state index is 13.9. The molecule has 0 spiro atoms. The third-order valence-electron chi connectivity index (χ3n) is 3.06. The molecule has 0 fully saturated rings. The van der Waals surface area contributed by atoms with Crippen molar-refractivity contribution >= 4 is 5.91 Å². The number of rotatable bonds is 5. The minimum Gasteiger partial charge on any atom is -0.467 e. The first-order chi connectivity index (χ1) is 10.1. The van der Waals surface area contributed by atoms with E-state index in [1.165, 1.54) is 23.3 Å². The number of halogens is 1. The summed E-state index contributed by atoms with van der Waals surface area (Å²) < 4.78 is 19.1. The Labute approximate surface area is 122 Å². The first kappa shape index (κ1) is 14.8. The Morgan fingerprint density at radius 2 is 2.24 bits per heavy atom. The summed E-state index contributed by atoms with van der Waals surface area (Å²) >= 11 is 0. The Morgan fingerprint density at radius 3 is 2.86 bits per heavy atom. The molecule has 5 heteroatoms. The van der Waals surface area contributed by atoms with Gasteiger partial charge in [0.2, 0.25) is 0 Å². The molecule has 0 aliphatic rings. The third kappa shape index (κ3) is 3.69. The zero-order chi connectivity index (χ0) is 15.2. The Bertz CT molecular complexity index is 659. The second-order valence-electron chi connectivity index (χ2n) is 4.70. The fraction of sp³-hybridized carbons (Fsp3) is 0.250. The minimum absolute atomic E-state index is 0.00472. The molecule has 0 radical (unpaired) electrons. The predicted octanol–water partition coefficient (Wildman–Crippen LogP) is 3.28. The summed E-state index contributed by atoms with van der Waals surface area (Å²) in [6.45, 7) is 2.19. The topological polar surface area (TPSA) is 57.2 Å². The van der Waals surface area contributed by atoms with Gasteiger partial charge in [0.15, 0.2) is 0 Å². The molecule has 1 heterocycles. The molecule has 4 nitrogen and oxygen atoms in total. The Kier molecular flexibility index (Phi) is 4.72. The minimum atomic E-state index is -0.554. The molecule has 0 atom stereocenters. The Balaban J connectivity index is 2.22. The predicted molar refractivity (Wildman–Crippen MR) is 74.8 cm³/mol. The van der Waals surface area contributed by atoms with Crippen molar-refractivity contribution in [3.05, 3.63) is 59.3 Å². The molecular weight excluding hydrogens is 271 g/mol. The normalized spacial score (nSPS) is 10.1. The summed E-state index contributed by atoms with van der Waals surface area (Å²) in [5, 5.41) is 8.70. The van der Waals surface area contributed by atoms with Crippen molar-refractivity contribution in [1.29, 1.82) is 5.26 Å². The lowest BCUT2D eigenvalue weighted by Crippen LogP contribution is -2.32. The number of hydrogen-bond acceptors (Lipinski definition) is 3. The van der Waals surface area contributed by atoms with E-state index in [1.807, 2.05) is 6.07 Å². The number of hydrogen-bond donors (Lipinski definition) is 0. The maximum Gasteiger partial charge on any atom is 0.257 e. The summed E-state index contributed by atoms with van der Waals surface area (Å²) in [5.74, 6) is -0.408. The highest BCUT2D eigenvalue weighted by molar-refractivity contribution is 5.94. The van der Waals surface area contributed by atoms with Crippen LogP contribution < -0.4 is 0 Å². The molecule has 0 unspecified atom stereocenters. The molecule has 0 bridgehead atoms. The molecule has 1 aromatic carbocycles. The molecule has 2 rings (SSSR count). The van der Waals surface area contributed by atoms with Crippen LogP contribution in [0.1, 0.15) is 28.1 Å². The monoisotopic (exact) mass is 286 g/mol. The van der Waals surface area contributed by atoms with Crippen LogP contribution in [-0.2, 0) is 6.54 Å². The Morgan fingerprint density at radius 1 is 1.43 bits per heavy atom. The van der Waals surface area contributed by atoms with Gasteiger partial charge < -0.3 is 9.32 Å². The quantitative estimate of drug-likeness (QED) is 0.847.